The van der Waals surface area contributed by atoms with E-state index in [1.807, 2.05) is 41.9 Å². The van der Waals surface area contributed by atoms with Gasteiger partial charge in [-0.1, -0.05) is 30.3 Å². The summed E-state index contributed by atoms with van der Waals surface area (Å²) in [5.74, 6) is 1.05. The van der Waals surface area contributed by atoms with Crippen LogP contribution in [0.25, 0.3) is 11.3 Å². The van der Waals surface area contributed by atoms with Gasteiger partial charge in [0, 0.05) is 18.3 Å². The second-order valence-corrected chi connectivity index (χ2v) is 6.58. The lowest BCUT2D eigenvalue weighted by Gasteiger charge is -2.19. The Bertz CT molecular complexity index is 950. The maximum absolute atomic E-state index is 13.1. The minimum Gasteiger partial charge on any atom is -0.368 e. The van der Waals surface area contributed by atoms with Crippen LogP contribution in [0.4, 0.5) is 5.95 Å². The predicted octanol–water partition coefficient (Wildman–Crippen LogP) is 2.22. The standard InChI is InChI=1S/C19H21N7O/c1-2-26-17(22-11-23-26)16(13-8-9-13)24-18(27)14-10-21-19(20)25-15(14)12-6-4-3-5-7-12/h3-7,10-11,13,16H,2,8-9H2,1H3,(H,24,27)(H2,20,21,25). The molecular formula is C19H21N7O. The van der Waals surface area contributed by atoms with E-state index in [0.717, 1.165) is 24.2 Å². The zero-order valence-electron chi connectivity index (χ0n) is 15.0. The van der Waals surface area contributed by atoms with Gasteiger partial charge < -0.3 is 11.1 Å². The van der Waals surface area contributed by atoms with Gasteiger partial charge in [-0.05, 0) is 25.7 Å². The van der Waals surface area contributed by atoms with Gasteiger partial charge in [0.05, 0.1) is 17.3 Å². The van der Waals surface area contributed by atoms with Crippen molar-refractivity contribution in [1.82, 2.24) is 30.0 Å². The summed E-state index contributed by atoms with van der Waals surface area (Å²) < 4.78 is 1.82. The first-order valence-electron chi connectivity index (χ1n) is 9.04. The molecular weight excluding hydrogens is 342 g/mol. The molecule has 0 radical (unpaired) electrons. The van der Waals surface area contributed by atoms with Crippen LogP contribution in [-0.2, 0) is 6.54 Å². The topological polar surface area (TPSA) is 112 Å². The summed E-state index contributed by atoms with van der Waals surface area (Å²) in [6.07, 6.45) is 5.13. The number of benzene rings is 1. The summed E-state index contributed by atoms with van der Waals surface area (Å²) >= 11 is 0. The van der Waals surface area contributed by atoms with E-state index in [9.17, 15) is 4.79 Å². The van der Waals surface area contributed by atoms with Crippen LogP contribution in [0.2, 0.25) is 0 Å². The van der Waals surface area contributed by atoms with Crippen molar-refractivity contribution in [1.29, 1.82) is 0 Å². The summed E-state index contributed by atoms with van der Waals surface area (Å²) in [7, 11) is 0. The van der Waals surface area contributed by atoms with Crippen LogP contribution in [0.1, 0.15) is 42.0 Å². The number of hydrogen-bond donors (Lipinski definition) is 2. The summed E-state index contributed by atoms with van der Waals surface area (Å²) in [6, 6.07) is 9.31. The Hall–Kier alpha value is -3.29. The second-order valence-electron chi connectivity index (χ2n) is 6.58. The molecule has 0 saturated heterocycles. The number of anilines is 1. The molecule has 2 aromatic heterocycles. The van der Waals surface area contributed by atoms with Crippen LogP contribution < -0.4 is 11.1 Å². The van der Waals surface area contributed by atoms with Crippen molar-refractivity contribution >= 4 is 11.9 Å². The van der Waals surface area contributed by atoms with Gasteiger partial charge in [-0.25, -0.2) is 19.6 Å². The van der Waals surface area contributed by atoms with Crippen molar-refractivity contribution in [2.45, 2.75) is 32.4 Å². The molecule has 1 aliphatic rings. The number of carbonyl (C=O) groups is 1. The highest BCUT2D eigenvalue weighted by Gasteiger charge is 2.37. The Kier molecular flexibility index (Phi) is 4.53. The monoisotopic (exact) mass is 363 g/mol. The number of amides is 1. The second kappa shape index (κ2) is 7.14. The molecule has 1 unspecified atom stereocenters. The lowest BCUT2D eigenvalue weighted by Crippen LogP contribution is -2.32. The Morgan fingerprint density at radius 1 is 1.30 bits per heavy atom. The van der Waals surface area contributed by atoms with Crippen LogP contribution in [0.3, 0.4) is 0 Å². The molecule has 1 aliphatic carbocycles. The van der Waals surface area contributed by atoms with Gasteiger partial charge >= 0.3 is 0 Å². The summed E-state index contributed by atoms with van der Waals surface area (Å²) in [5.41, 5.74) is 7.49. The molecule has 8 nitrogen and oxygen atoms in total. The molecule has 1 aromatic carbocycles. The number of rotatable bonds is 6. The first-order valence-corrected chi connectivity index (χ1v) is 9.04. The number of aryl methyl sites for hydroxylation is 1. The Balaban J connectivity index is 1.67. The quantitative estimate of drug-likeness (QED) is 0.694. The molecule has 8 heteroatoms. The molecule has 3 N–H and O–H groups in total. The summed E-state index contributed by atoms with van der Waals surface area (Å²) in [6.45, 7) is 2.71. The van der Waals surface area contributed by atoms with E-state index in [0.29, 0.717) is 23.7 Å². The van der Waals surface area contributed by atoms with Gasteiger partial charge in [-0.15, -0.1) is 0 Å². The van der Waals surface area contributed by atoms with Crippen molar-refractivity contribution in [3.05, 3.63) is 54.2 Å². The third-order valence-electron chi connectivity index (χ3n) is 4.70. The first-order chi connectivity index (χ1) is 13.2. The molecule has 1 amide bonds. The van der Waals surface area contributed by atoms with Crippen LogP contribution >= 0.6 is 0 Å². The average Bonchev–Trinajstić information content (AvgIpc) is 3.43. The van der Waals surface area contributed by atoms with Crippen molar-refractivity contribution in [2.24, 2.45) is 5.92 Å². The highest BCUT2D eigenvalue weighted by atomic mass is 16.1. The zero-order valence-corrected chi connectivity index (χ0v) is 15.0. The van der Waals surface area contributed by atoms with Crippen molar-refractivity contribution in [3.63, 3.8) is 0 Å². The van der Waals surface area contributed by atoms with E-state index < -0.39 is 0 Å². The van der Waals surface area contributed by atoms with Crippen LogP contribution in [-0.4, -0.2) is 30.6 Å². The first kappa shape index (κ1) is 17.1. The number of nitrogen functional groups attached to an aromatic ring is 1. The Morgan fingerprint density at radius 2 is 2.07 bits per heavy atom. The van der Waals surface area contributed by atoms with E-state index in [4.69, 9.17) is 5.73 Å². The van der Waals surface area contributed by atoms with E-state index in [2.05, 4.69) is 25.4 Å². The molecule has 4 rings (SSSR count). The number of aromatic nitrogens is 5. The summed E-state index contributed by atoms with van der Waals surface area (Å²) in [5, 5.41) is 7.35. The Labute approximate surface area is 156 Å². The van der Waals surface area contributed by atoms with E-state index in [1.54, 1.807) is 0 Å². The molecule has 3 aromatic rings. The molecule has 27 heavy (non-hydrogen) atoms. The van der Waals surface area contributed by atoms with Gasteiger partial charge in [-0.3, -0.25) is 4.79 Å². The predicted molar refractivity (Wildman–Crippen MR) is 101 cm³/mol. The van der Waals surface area contributed by atoms with Gasteiger partial charge in [0.15, 0.2) is 0 Å². The van der Waals surface area contributed by atoms with Gasteiger partial charge in [0.2, 0.25) is 5.95 Å². The van der Waals surface area contributed by atoms with Crippen molar-refractivity contribution in [3.8, 4) is 11.3 Å². The van der Waals surface area contributed by atoms with Crippen molar-refractivity contribution < 1.29 is 4.79 Å². The molecule has 0 bridgehead atoms. The smallest absolute Gasteiger partial charge is 0.255 e. The fourth-order valence-electron chi connectivity index (χ4n) is 3.18. The normalized spacial score (nSPS) is 14.7. The molecule has 2 heterocycles. The number of nitrogens with one attached hydrogen (secondary N) is 1. The fourth-order valence-corrected chi connectivity index (χ4v) is 3.18. The maximum atomic E-state index is 13.1. The van der Waals surface area contributed by atoms with Crippen LogP contribution in [0, 0.1) is 5.92 Å². The number of nitrogens with two attached hydrogens (primary N) is 1. The molecule has 138 valence electrons. The van der Waals surface area contributed by atoms with Crippen LogP contribution in [0.5, 0.6) is 0 Å². The average molecular weight is 363 g/mol. The van der Waals surface area contributed by atoms with Gasteiger partial charge in [0.25, 0.3) is 5.91 Å². The largest absolute Gasteiger partial charge is 0.368 e. The Morgan fingerprint density at radius 3 is 2.78 bits per heavy atom. The van der Waals surface area contributed by atoms with Gasteiger partial charge in [0.1, 0.15) is 12.2 Å². The molecule has 0 spiro atoms. The third kappa shape index (κ3) is 3.51. The van der Waals surface area contributed by atoms with E-state index in [1.165, 1.54) is 12.5 Å². The zero-order chi connectivity index (χ0) is 18.8. The minimum absolute atomic E-state index is 0.134. The summed E-state index contributed by atoms with van der Waals surface area (Å²) in [4.78, 5) is 25.8. The molecule has 1 saturated carbocycles. The lowest BCUT2D eigenvalue weighted by atomic mass is 10.1. The minimum atomic E-state index is -0.239. The highest BCUT2D eigenvalue weighted by Crippen LogP contribution is 2.40. The molecule has 0 aliphatic heterocycles. The molecule has 1 atom stereocenters. The van der Waals surface area contributed by atoms with E-state index in [-0.39, 0.29) is 17.9 Å². The lowest BCUT2D eigenvalue weighted by molar-refractivity contribution is 0.0928. The number of nitrogens with zero attached hydrogens (tertiary/aromatic N) is 5. The fraction of sp³-hybridized carbons (Fsp3) is 0.316. The highest BCUT2D eigenvalue weighted by molar-refractivity contribution is 6.00. The maximum Gasteiger partial charge on any atom is 0.255 e. The third-order valence-corrected chi connectivity index (χ3v) is 4.70. The van der Waals surface area contributed by atoms with Crippen LogP contribution in [0.15, 0.2) is 42.9 Å². The number of hydrogen-bond acceptors (Lipinski definition) is 6. The molecule has 1 fully saturated rings. The van der Waals surface area contributed by atoms with Gasteiger partial charge in [-0.2, -0.15) is 5.10 Å². The SMILES string of the molecule is CCn1ncnc1C(NC(=O)c1cnc(N)nc1-c1ccccc1)C1CC1. The van der Waals surface area contributed by atoms with Crippen molar-refractivity contribution in [2.75, 3.05) is 5.73 Å². The number of carbonyl (C=O) groups excluding carboxylic acids is 1. The van der Waals surface area contributed by atoms with E-state index >= 15 is 0 Å².